The third-order valence-electron chi connectivity index (χ3n) is 1.62. The Morgan fingerprint density at radius 1 is 1.73 bits per heavy atom. The van der Waals surface area contributed by atoms with Gasteiger partial charge >= 0.3 is 0 Å². The topological polar surface area (TPSA) is 48.0 Å². The van der Waals surface area contributed by atoms with E-state index in [0.29, 0.717) is 11.3 Å². The Hall–Kier alpha value is -1.58. The number of nitrogens with zero attached hydrogens (tertiary/aromatic N) is 2. The third kappa shape index (κ3) is 0.690. The fourth-order valence-electron chi connectivity index (χ4n) is 1.04. The van der Waals surface area contributed by atoms with Gasteiger partial charge in [0.05, 0.1) is 17.1 Å². The van der Waals surface area contributed by atoms with Gasteiger partial charge in [-0.25, -0.2) is 4.68 Å². The molecule has 0 saturated carbocycles. The van der Waals surface area contributed by atoms with Crippen molar-refractivity contribution in [1.82, 2.24) is 9.78 Å². The van der Waals surface area contributed by atoms with Crippen molar-refractivity contribution in [3.63, 3.8) is 0 Å². The molecule has 11 heavy (non-hydrogen) atoms. The van der Waals surface area contributed by atoms with Crippen LogP contribution in [0.5, 0.6) is 0 Å². The molecule has 4 heteroatoms. The number of carbonyl (C=O) groups excluding carboxylic acids is 1. The number of furan rings is 1. The van der Waals surface area contributed by atoms with Gasteiger partial charge in [0.1, 0.15) is 6.26 Å². The molecule has 0 radical (unpaired) electrons. The molecule has 0 spiro atoms. The van der Waals surface area contributed by atoms with Crippen molar-refractivity contribution < 1.29 is 9.21 Å². The quantitative estimate of drug-likeness (QED) is 0.569. The summed E-state index contributed by atoms with van der Waals surface area (Å²) in [5.41, 5.74) is 1.18. The van der Waals surface area contributed by atoms with Gasteiger partial charge in [-0.15, -0.1) is 0 Å². The Morgan fingerprint density at radius 3 is 3.27 bits per heavy atom. The normalized spacial score (nSPS) is 10.6. The van der Waals surface area contributed by atoms with Gasteiger partial charge < -0.3 is 4.42 Å². The number of aromatic nitrogens is 2. The van der Waals surface area contributed by atoms with Crippen LogP contribution in [-0.2, 0) is 7.05 Å². The molecule has 0 fully saturated rings. The molecule has 2 heterocycles. The number of fused-ring (bicyclic) bond motifs is 1. The van der Waals surface area contributed by atoms with Crippen LogP contribution < -0.4 is 0 Å². The van der Waals surface area contributed by atoms with Gasteiger partial charge in [-0.1, -0.05) is 0 Å². The highest BCUT2D eigenvalue weighted by Crippen LogP contribution is 2.17. The van der Waals surface area contributed by atoms with E-state index in [9.17, 15) is 4.79 Å². The summed E-state index contributed by atoms with van der Waals surface area (Å²) in [7, 11) is 1.76. The number of aryl methyl sites for hydroxylation is 1. The van der Waals surface area contributed by atoms with Crippen molar-refractivity contribution in [3.05, 3.63) is 18.0 Å². The van der Waals surface area contributed by atoms with Crippen LogP contribution >= 0.6 is 0 Å². The SMILES string of the molecule is Cn1ncc2c(C=O)coc21. The van der Waals surface area contributed by atoms with Crippen molar-refractivity contribution in [2.75, 3.05) is 0 Å². The highest BCUT2D eigenvalue weighted by Gasteiger charge is 2.07. The largest absolute Gasteiger partial charge is 0.446 e. The minimum absolute atomic E-state index is 0.549. The number of hydrogen-bond acceptors (Lipinski definition) is 3. The van der Waals surface area contributed by atoms with Crippen LogP contribution in [0.1, 0.15) is 10.4 Å². The maximum absolute atomic E-state index is 10.4. The molecule has 0 aliphatic rings. The highest BCUT2D eigenvalue weighted by atomic mass is 16.3. The predicted molar refractivity (Wildman–Crippen MR) is 38.4 cm³/mol. The first-order chi connectivity index (χ1) is 5.33. The summed E-state index contributed by atoms with van der Waals surface area (Å²) in [6, 6.07) is 0. The Morgan fingerprint density at radius 2 is 2.55 bits per heavy atom. The molecule has 0 unspecified atom stereocenters. The summed E-state index contributed by atoms with van der Waals surface area (Å²) in [5, 5.41) is 4.69. The van der Waals surface area contributed by atoms with Crippen LogP contribution in [0.25, 0.3) is 11.1 Å². The Kier molecular flexibility index (Phi) is 1.09. The van der Waals surface area contributed by atoms with Crippen molar-refractivity contribution in [2.45, 2.75) is 0 Å². The second-order valence-corrected chi connectivity index (χ2v) is 2.30. The standard InChI is InChI=1S/C7H6N2O2/c1-9-7-6(2-8-9)5(3-10)4-11-7/h2-4H,1H3. The van der Waals surface area contributed by atoms with E-state index < -0.39 is 0 Å². The molecule has 0 amide bonds. The molecular weight excluding hydrogens is 144 g/mol. The number of aldehydes is 1. The van der Waals surface area contributed by atoms with Crippen LogP contribution in [0, 0.1) is 0 Å². The lowest BCUT2D eigenvalue weighted by Gasteiger charge is -1.83. The minimum Gasteiger partial charge on any atom is -0.446 e. The molecule has 0 aliphatic heterocycles. The van der Waals surface area contributed by atoms with Crippen molar-refractivity contribution in [2.24, 2.45) is 7.05 Å². The summed E-state index contributed by atoms with van der Waals surface area (Å²) in [4.78, 5) is 10.4. The average Bonchev–Trinajstić information content (AvgIpc) is 2.53. The second-order valence-electron chi connectivity index (χ2n) is 2.30. The van der Waals surface area contributed by atoms with Crippen LogP contribution in [0.4, 0.5) is 0 Å². The summed E-state index contributed by atoms with van der Waals surface area (Å²) in [6.07, 6.45) is 3.80. The fraction of sp³-hybridized carbons (Fsp3) is 0.143. The maximum Gasteiger partial charge on any atom is 0.224 e. The minimum atomic E-state index is 0.549. The van der Waals surface area contributed by atoms with E-state index in [1.165, 1.54) is 6.26 Å². The van der Waals surface area contributed by atoms with E-state index in [0.717, 1.165) is 11.7 Å². The van der Waals surface area contributed by atoms with Gasteiger partial charge in [0.2, 0.25) is 5.71 Å². The first-order valence-electron chi connectivity index (χ1n) is 3.17. The molecule has 0 aliphatic carbocycles. The zero-order chi connectivity index (χ0) is 7.84. The van der Waals surface area contributed by atoms with Gasteiger partial charge in [0, 0.05) is 7.05 Å². The summed E-state index contributed by atoms with van der Waals surface area (Å²) in [6.45, 7) is 0. The van der Waals surface area contributed by atoms with Gasteiger partial charge in [-0.2, -0.15) is 5.10 Å². The lowest BCUT2D eigenvalue weighted by molar-refractivity contribution is 0.112. The first kappa shape index (κ1) is 6.15. The smallest absolute Gasteiger partial charge is 0.224 e. The lowest BCUT2D eigenvalue weighted by Crippen LogP contribution is -1.86. The van der Waals surface area contributed by atoms with Gasteiger partial charge in [0.15, 0.2) is 6.29 Å². The van der Waals surface area contributed by atoms with E-state index >= 15 is 0 Å². The number of hydrogen-bond donors (Lipinski definition) is 0. The molecule has 2 rings (SSSR count). The Balaban J connectivity index is 2.87. The van der Waals surface area contributed by atoms with Gasteiger partial charge in [-0.3, -0.25) is 4.79 Å². The zero-order valence-electron chi connectivity index (χ0n) is 5.94. The summed E-state index contributed by atoms with van der Waals surface area (Å²) in [5.74, 6) is 0. The molecule has 0 aromatic carbocycles. The molecule has 0 atom stereocenters. The molecule has 0 N–H and O–H groups in total. The fourth-order valence-corrected chi connectivity index (χ4v) is 1.04. The Bertz CT molecular complexity index is 399. The predicted octanol–water partition coefficient (Wildman–Crippen LogP) is 0.979. The van der Waals surface area contributed by atoms with Crippen LogP contribution in [0.3, 0.4) is 0 Å². The monoisotopic (exact) mass is 150 g/mol. The van der Waals surface area contributed by atoms with Crippen LogP contribution in [0.2, 0.25) is 0 Å². The molecule has 2 aromatic heterocycles. The van der Waals surface area contributed by atoms with Gasteiger partial charge in [-0.05, 0) is 0 Å². The van der Waals surface area contributed by atoms with Gasteiger partial charge in [0.25, 0.3) is 0 Å². The highest BCUT2D eigenvalue weighted by molar-refractivity contribution is 5.94. The van der Waals surface area contributed by atoms with Crippen LogP contribution in [0.15, 0.2) is 16.9 Å². The molecule has 0 bridgehead atoms. The average molecular weight is 150 g/mol. The van der Waals surface area contributed by atoms with E-state index in [2.05, 4.69) is 5.10 Å². The van der Waals surface area contributed by atoms with Crippen molar-refractivity contribution in [1.29, 1.82) is 0 Å². The maximum atomic E-state index is 10.4. The Labute approximate surface area is 62.4 Å². The number of rotatable bonds is 1. The molecular formula is C7H6N2O2. The van der Waals surface area contributed by atoms with E-state index in [4.69, 9.17) is 4.42 Å². The second kappa shape index (κ2) is 1.95. The zero-order valence-corrected chi connectivity index (χ0v) is 5.94. The molecule has 4 nitrogen and oxygen atoms in total. The molecule has 0 saturated heterocycles. The summed E-state index contributed by atoms with van der Waals surface area (Å²) >= 11 is 0. The molecule has 56 valence electrons. The molecule has 2 aromatic rings. The van der Waals surface area contributed by atoms with E-state index in [1.807, 2.05) is 0 Å². The first-order valence-corrected chi connectivity index (χ1v) is 3.17. The van der Waals surface area contributed by atoms with Crippen LogP contribution in [-0.4, -0.2) is 16.1 Å². The van der Waals surface area contributed by atoms with Crippen molar-refractivity contribution >= 4 is 17.4 Å². The van der Waals surface area contributed by atoms with E-state index in [1.54, 1.807) is 17.9 Å². The lowest BCUT2D eigenvalue weighted by atomic mass is 10.3. The van der Waals surface area contributed by atoms with E-state index in [-0.39, 0.29) is 0 Å². The summed E-state index contributed by atoms with van der Waals surface area (Å²) < 4.78 is 6.67. The number of carbonyl (C=O) groups is 1. The third-order valence-corrected chi connectivity index (χ3v) is 1.62. The van der Waals surface area contributed by atoms with Crippen molar-refractivity contribution in [3.8, 4) is 0 Å².